The van der Waals surface area contributed by atoms with Gasteiger partial charge in [0.05, 0.1) is 28.1 Å². The van der Waals surface area contributed by atoms with Crippen LogP contribution in [0.3, 0.4) is 0 Å². The lowest BCUT2D eigenvalue weighted by Gasteiger charge is -2.31. The van der Waals surface area contributed by atoms with Gasteiger partial charge < -0.3 is 24.8 Å². The average molecular weight is 627 g/mol. The van der Waals surface area contributed by atoms with Crippen LogP contribution in [0.4, 0.5) is 19.4 Å². The van der Waals surface area contributed by atoms with E-state index in [1.807, 2.05) is 11.8 Å². The van der Waals surface area contributed by atoms with E-state index in [2.05, 4.69) is 20.2 Å². The van der Waals surface area contributed by atoms with Gasteiger partial charge in [-0.3, -0.25) is 9.88 Å². The molecule has 3 aromatic rings. The maximum atomic E-state index is 16.6. The summed E-state index contributed by atoms with van der Waals surface area (Å²) >= 11 is 6.50. The van der Waals surface area contributed by atoms with E-state index in [-0.39, 0.29) is 46.8 Å². The van der Waals surface area contributed by atoms with Gasteiger partial charge in [0.15, 0.2) is 5.82 Å². The SMILES string of the molecule is C[C@@]12CCN(C1)c1nc(OCC34CCCN3C[C@H](F)C4)nc3c(F)c(ncc13)-c1cc(O)cc(Cl)c1/C=C\CCOC(=O)N2. The second kappa shape index (κ2) is 11.0. The number of benzene rings is 1. The summed E-state index contributed by atoms with van der Waals surface area (Å²) < 4.78 is 42.6. The second-order valence-corrected chi connectivity index (χ2v) is 12.9. The number of nitrogens with zero attached hydrogens (tertiary/aromatic N) is 5. The van der Waals surface area contributed by atoms with E-state index in [9.17, 15) is 14.3 Å². The van der Waals surface area contributed by atoms with Crippen LogP contribution in [-0.4, -0.2) is 87.7 Å². The van der Waals surface area contributed by atoms with Crippen LogP contribution in [0.2, 0.25) is 5.02 Å². The Morgan fingerprint density at radius 3 is 3.00 bits per heavy atom. The zero-order valence-electron chi connectivity index (χ0n) is 24.3. The molecule has 5 aliphatic rings. The summed E-state index contributed by atoms with van der Waals surface area (Å²) in [5.74, 6) is -0.461. The second-order valence-electron chi connectivity index (χ2n) is 12.4. The molecule has 0 aliphatic carbocycles. The molecular formula is C31H33ClF2N6O4. The summed E-state index contributed by atoms with van der Waals surface area (Å²) in [7, 11) is 0. The highest BCUT2D eigenvalue weighted by atomic mass is 35.5. The molecule has 6 bridgehead atoms. The van der Waals surface area contributed by atoms with Crippen molar-refractivity contribution in [2.75, 3.05) is 44.3 Å². The molecule has 3 saturated heterocycles. The van der Waals surface area contributed by atoms with Gasteiger partial charge in [-0.25, -0.2) is 13.6 Å². The van der Waals surface area contributed by atoms with Crippen molar-refractivity contribution in [2.24, 2.45) is 0 Å². The van der Waals surface area contributed by atoms with Crippen LogP contribution in [0.15, 0.2) is 24.4 Å². The minimum atomic E-state index is -0.923. The van der Waals surface area contributed by atoms with Crippen molar-refractivity contribution in [3.8, 4) is 23.0 Å². The molecule has 8 rings (SSSR count). The number of phenols is 1. The van der Waals surface area contributed by atoms with Gasteiger partial charge in [-0.2, -0.15) is 9.97 Å². The number of aromatic hydroxyl groups is 1. The largest absolute Gasteiger partial charge is 0.508 e. The van der Waals surface area contributed by atoms with Gasteiger partial charge in [-0.1, -0.05) is 23.8 Å². The number of amides is 1. The van der Waals surface area contributed by atoms with Crippen molar-refractivity contribution >= 4 is 40.5 Å². The molecule has 13 heteroatoms. The number of aromatic nitrogens is 3. The van der Waals surface area contributed by atoms with Gasteiger partial charge >= 0.3 is 12.1 Å². The van der Waals surface area contributed by atoms with Crippen LogP contribution < -0.4 is 15.0 Å². The molecule has 10 nitrogen and oxygen atoms in total. The molecule has 232 valence electrons. The third kappa shape index (κ3) is 5.17. The van der Waals surface area contributed by atoms with Gasteiger partial charge in [0.1, 0.15) is 35.6 Å². The van der Waals surface area contributed by atoms with Gasteiger partial charge in [0.2, 0.25) is 0 Å². The summed E-state index contributed by atoms with van der Waals surface area (Å²) in [6.45, 7) is 4.31. The van der Waals surface area contributed by atoms with Crippen molar-refractivity contribution < 1.29 is 28.2 Å². The van der Waals surface area contributed by atoms with Crippen molar-refractivity contribution in [3.05, 3.63) is 40.8 Å². The number of fused-ring (bicyclic) bond motifs is 7. The molecule has 3 fully saturated rings. The first-order valence-electron chi connectivity index (χ1n) is 14.9. The molecule has 0 saturated carbocycles. The molecular weight excluding hydrogens is 594 g/mol. The van der Waals surface area contributed by atoms with Crippen LogP contribution in [0.1, 0.15) is 44.6 Å². The number of ether oxygens (including phenoxy) is 2. The monoisotopic (exact) mass is 626 g/mol. The Morgan fingerprint density at radius 2 is 2.14 bits per heavy atom. The predicted octanol–water partition coefficient (Wildman–Crippen LogP) is 5.26. The molecule has 1 aromatic carbocycles. The molecule has 3 atom stereocenters. The number of nitrogens with one attached hydrogen (secondary N) is 1. The molecule has 44 heavy (non-hydrogen) atoms. The Balaban J connectivity index is 1.37. The lowest BCUT2D eigenvalue weighted by Crippen LogP contribution is -2.48. The summed E-state index contributed by atoms with van der Waals surface area (Å²) in [6.07, 6.45) is 6.60. The fraction of sp³-hybridized carbons (Fsp3) is 0.484. The van der Waals surface area contributed by atoms with Crippen LogP contribution in [0.25, 0.3) is 28.2 Å². The van der Waals surface area contributed by atoms with E-state index in [1.165, 1.54) is 18.3 Å². The minimum absolute atomic E-state index is 0.00903. The van der Waals surface area contributed by atoms with E-state index in [0.717, 1.165) is 19.4 Å². The number of anilines is 1. The minimum Gasteiger partial charge on any atom is -0.508 e. The fourth-order valence-electron chi connectivity index (χ4n) is 7.08. The highest BCUT2D eigenvalue weighted by molar-refractivity contribution is 6.32. The topological polar surface area (TPSA) is 113 Å². The van der Waals surface area contributed by atoms with Crippen molar-refractivity contribution in [3.63, 3.8) is 0 Å². The van der Waals surface area contributed by atoms with E-state index in [1.54, 1.807) is 12.2 Å². The number of alkyl halides is 1. The average Bonchev–Trinajstić information content (AvgIpc) is 3.63. The summed E-state index contributed by atoms with van der Waals surface area (Å²) in [5, 5.41) is 13.9. The number of carbonyl (C=O) groups is 1. The summed E-state index contributed by atoms with van der Waals surface area (Å²) in [6, 6.07) is 2.73. The Kier molecular flexibility index (Phi) is 7.24. The fourth-order valence-corrected chi connectivity index (χ4v) is 7.36. The number of halogens is 3. The van der Waals surface area contributed by atoms with E-state index >= 15 is 4.39 Å². The van der Waals surface area contributed by atoms with Gasteiger partial charge in [-0.15, -0.1) is 0 Å². The number of pyridine rings is 1. The van der Waals surface area contributed by atoms with E-state index in [4.69, 9.17) is 26.1 Å². The number of hydrogen-bond acceptors (Lipinski definition) is 9. The number of rotatable bonds is 3. The van der Waals surface area contributed by atoms with E-state index in [0.29, 0.717) is 55.7 Å². The van der Waals surface area contributed by atoms with Gasteiger partial charge in [0, 0.05) is 43.4 Å². The molecule has 2 aromatic heterocycles. The van der Waals surface area contributed by atoms with Crippen molar-refractivity contribution in [1.29, 1.82) is 0 Å². The molecule has 1 unspecified atom stereocenters. The first-order chi connectivity index (χ1) is 21.1. The smallest absolute Gasteiger partial charge is 0.407 e. The van der Waals surface area contributed by atoms with Crippen molar-refractivity contribution in [1.82, 2.24) is 25.2 Å². The predicted molar refractivity (Wildman–Crippen MR) is 161 cm³/mol. The Bertz CT molecular complexity index is 1680. The first kappa shape index (κ1) is 29.0. The lowest BCUT2D eigenvalue weighted by atomic mass is 9.95. The normalized spacial score (nSPS) is 27.7. The van der Waals surface area contributed by atoms with Crippen LogP contribution >= 0.6 is 11.6 Å². The number of carbonyl (C=O) groups excluding carboxylic acids is 1. The Morgan fingerprint density at radius 1 is 1.27 bits per heavy atom. The molecule has 0 radical (unpaired) electrons. The third-order valence-electron chi connectivity index (χ3n) is 9.22. The van der Waals surface area contributed by atoms with Gasteiger partial charge in [0.25, 0.3) is 0 Å². The zero-order chi connectivity index (χ0) is 30.6. The molecule has 2 N–H and O–H groups in total. The number of hydrogen-bond donors (Lipinski definition) is 2. The molecule has 5 aliphatic heterocycles. The highest BCUT2D eigenvalue weighted by Gasteiger charge is 2.49. The van der Waals surface area contributed by atoms with Crippen LogP contribution in [0.5, 0.6) is 11.8 Å². The molecule has 1 amide bonds. The number of alkyl carbamates (subject to hydrolysis) is 1. The van der Waals surface area contributed by atoms with Gasteiger partial charge in [-0.05, 0) is 51.3 Å². The first-order valence-corrected chi connectivity index (χ1v) is 15.3. The standard InChI is InChI=1S/C31H33ClF2N6O4/c1-30-7-9-39(16-30)27-22-14-35-25(21-11-19(41)12-23(32)20(21)5-2-3-10-43-29(42)38-30)24(34)26(22)36-28(37-27)44-17-31-6-4-8-40(31)15-18(33)13-31/h2,5,11-12,14,18,41H,3-4,6-10,13,15-17H2,1H3,(H,38,42)/b5-2-/t18-,30-,31?/m1/s1. The third-order valence-corrected chi connectivity index (χ3v) is 9.54. The Hall–Kier alpha value is -3.77. The van der Waals surface area contributed by atoms with Crippen LogP contribution in [0, 0.1) is 5.82 Å². The zero-order valence-corrected chi connectivity index (χ0v) is 25.0. The summed E-state index contributed by atoms with van der Waals surface area (Å²) in [4.78, 5) is 30.5. The molecule has 7 heterocycles. The number of phenolic OH excluding ortho intramolecular Hbond substituents is 1. The maximum absolute atomic E-state index is 16.6. The highest BCUT2D eigenvalue weighted by Crippen LogP contribution is 2.42. The van der Waals surface area contributed by atoms with Crippen LogP contribution in [-0.2, 0) is 4.74 Å². The maximum Gasteiger partial charge on any atom is 0.407 e. The molecule has 0 spiro atoms. The lowest BCUT2D eigenvalue weighted by molar-refractivity contribution is 0.107. The van der Waals surface area contributed by atoms with E-state index < -0.39 is 29.2 Å². The van der Waals surface area contributed by atoms with Crippen molar-refractivity contribution in [2.45, 2.75) is 56.3 Å². The Labute approximate surface area is 258 Å². The summed E-state index contributed by atoms with van der Waals surface area (Å²) in [5.41, 5.74) is -0.424. The quantitative estimate of drug-likeness (QED) is 0.402.